The topological polar surface area (TPSA) is 109 Å². The van der Waals surface area contributed by atoms with E-state index in [1.165, 1.54) is 12.1 Å². The van der Waals surface area contributed by atoms with E-state index in [2.05, 4.69) is 5.28 Å². The minimum atomic E-state index is -0.522. The summed E-state index contributed by atoms with van der Waals surface area (Å²) < 4.78 is 0. The molecule has 0 spiro atoms. The lowest BCUT2D eigenvalue weighted by Gasteiger charge is -2.22. The van der Waals surface area contributed by atoms with Crippen molar-refractivity contribution in [2.45, 2.75) is 12.5 Å². The second kappa shape index (κ2) is 8.49. The number of likely N-dealkylation sites (N-methyl/N-ethyl adjacent to an activating group) is 1. The minimum Gasteiger partial charge on any atom is -0.569 e. The van der Waals surface area contributed by atoms with Crippen LogP contribution in [0.25, 0.3) is 0 Å². The minimum absolute atomic E-state index is 0.183. The van der Waals surface area contributed by atoms with E-state index in [4.69, 9.17) is 4.84 Å². The van der Waals surface area contributed by atoms with Crippen LogP contribution in [0.2, 0.25) is 0 Å². The van der Waals surface area contributed by atoms with Crippen LogP contribution in [0.3, 0.4) is 0 Å². The Bertz CT molecular complexity index is 852. The molecule has 0 saturated carbocycles. The predicted molar refractivity (Wildman–Crippen MR) is 97.7 cm³/mol. The number of amides is 2. The highest BCUT2D eigenvalue weighted by Gasteiger charge is 2.35. The molecule has 0 aromatic heterocycles. The highest BCUT2D eigenvalue weighted by Crippen LogP contribution is 2.22. The molecule has 1 unspecified atom stereocenters. The monoisotopic (exact) mass is 384 g/mol. The molecular formula is C19H20N4O5. The zero-order valence-corrected chi connectivity index (χ0v) is 15.3. The van der Waals surface area contributed by atoms with Gasteiger partial charge in [0, 0.05) is 6.42 Å². The molecule has 9 nitrogen and oxygen atoms in total. The van der Waals surface area contributed by atoms with Crippen LogP contribution in [0.5, 0.6) is 0 Å². The zero-order chi connectivity index (χ0) is 20.1. The molecule has 0 bridgehead atoms. The normalized spacial score (nSPS) is 14.8. The van der Waals surface area contributed by atoms with Crippen LogP contribution in [0.1, 0.15) is 26.3 Å². The summed E-state index contributed by atoms with van der Waals surface area (Å²) in [7, 11) is 1.46. The highest BCUT2D eigenvalue weighted by atomic mass is 16.7. The Morgan fingerprint density at radius 3 is 2.25 bits per heavy atom. The van der Waals surface area contributed by atoms with Gasteiger partial charge in [0.25, 0.3) is 11.8 Å². The number of aliphatic hydroxyl groups excluding tert-OH is 1. The molecule has 1 aliphatic rings. The lowest BCUT2D eigenvalue weighted by Crippen LogP contribution is -2.41. The number of hydrogen-bond donors (Lipinski definition) is 1. The Morgan fingerprint density at radius 1 is 1.11 bits per heavy atom. The SMILES string of the molecule is CN(C(CO)Cc1ccccc1)/[N+]([O-])=N\OCN1C(=O)c2ccccc2C1=O. The summed E-state index contributed by atoms with van der Waals surface area (Å²) in [6.07, 6.45) is 0.431. The molecule has 0 aliphatic carbocycles. The fraction of sp³-hybridized carbons (Fsp3) is 0.263. The fourth-order valence-corrected chi connectivity index (χ4v) is 2.89. The second-order valence-electron chi connectivity index (χ2n) is 6.28. The van der Waals surface area contributed by atoms with Gasteiger partial charge in [-0.25, -0.2) is 4.90 Å². The first-order valence-corrected chi connectivity index (χ1v) is 8.66. The van der Waals surface area contributed by atoms with Crippen LogP contribution in [0.4, 0.5) is 0 Å². The van der Waals surface area contributed by atoms with E-state index in [1.54, 1.807) is 24.3 Å². The summed E-state index contributed by atoms with van der Waals surface area (Å²) in [6, 6.07) is 15.3. The number of imide groups is 1. The van der Waals surface area contributed by atoms with Gasteiger partial charge >= 0.3 is 0 Å². The van der Waals surface area contributed by atoms with Crippen molar-refractivity contribution in [3.63, 3.8) is 0 Å². The summed E-state index contributed by atoms with van der Waals surface area (Å²) >= 11 is 0. The van der Waals surface area contributed by atoms with Crippen molar-refractivity contribution in [3.05, 3.63) is 76.5 Å². The van der Waals surface area contributed by atoms with Gasteiger partial charge in [-0.15, -0.1) is 5.01 Å². The number of rotatable bonds is 8. The maximum Gasteiger partial charge on any atom is 0.264 e. The molecule has 2 aromatic rings. The molecule has 1 N–H and O–H groups in total. The van der Waals surface area contributed by atoms with Gasteiger partial charge in [-0.1, -0.05) is 42.5 Å². The van der Waals surface area contributed by atoms with Crippen molar-refractivity contribution in [2.24, 2.45) is 5.28 Å². The Morgan fingerprint density at radius 2 is 1.68 bits per heavy atom. The Kier molecular flexibility index (Phi) is 5.85. The number of benzene rings is 2. The first-order chi connectivity index (χ1) is 13.5. The predicted octanol–water partition coefficient (Wildman–Crippen LogP) is 1.58. The average molecular weight is 384 g/mol. The molecule has 2 aromatic carbocycles. The third kappa shape index (κ3) is 3.94. The Balaban J connectivity index is 1.59. The Labute approximate surface area is 161 Å². The smallest absolute Gasteiger partial charge is 0.264 e. The first-order valence-electron chi connectivity index (χ1n) is 8.66. The molecule has 0 radical (unpaired) electrons. The van der Waals surface area contributed by atoms with Crippen molar-refractivity contribution >= 4 is 11.8 Å². The van der Waals surface area contributed by atoms with E-state index in [0.29, 0.717) is 6.42 Å². The van der Waals surface area contributed by atoms with Gasteiger partial charge in [0.2, 0.25) is 12.0 Å². The average Bonchev–Trinajstić information content (AvgIpc) is 2.97. The van der Waals surface area contributed by atoms with E-state index in [0.717, 1.165) is 10.5 Å². The van der Waals surface area contributed by atoms with E-state index >= 15 is 0 Å². The third-order valence-corrected chi connectivity index (χ3v) is 4.52. The molecule has 9 heteroatoms. The van der Waals surface area contributed by atoms with Crippen molar-refractivity contribution in [2.75, 3.05) is 20.4 Å². The molecule has 3 rings (SSSR count). The zero-order valence-electron chi connectivity index (χ0n) is 15.3. The summed E-state index contributed by atoms with van der Waals surface area (Å²) in [5.41, 5.74) is 1.53. The maximum absolute atomic E-state index is 12.2. The van der Waals surface area contributed by atoms with Gasteiger partial charge in [-0.05, 0) is 17.7 Å². The van der Waals surface area contributed by atoms with Crippen molar-refractivity contribution in [1.82, 2.24) is 9.91 Å². The summed E-state index contributed by atoms with van der Waals surface area (Å²) in [6.45, 7) is -0.751. The van der Waals surface area contributed by atoms with E-state index in [-0.39, 0.29) is 22.7 Å². The quantitative estimate of drug-likeness (QED) is 0.320. The molecule has 28 heavy (non-hydrogen) atoms. The molecule has 1 aliphatic heterocycles. The van der Waals surface area contributed by atoms with Crippen LogP contribution >= 0.6 is 0 Å². The fourth-order valence-electron chi connectivity index (χ4n) is 2.89. The van der Waals surface area contributed by atoms with Crippen molar-refractivity contribution in [1.29, 1.82) is 0 Å². The van der Waals surface area contributed by atoms with E-state index in [9.17, 15) is 19.9 Å². The van der Waals surface area contributed by atoms with E-state index < -0.39 is 24.6 Å². The van der Waals surface area contributed by atoms with Crippen LogP contribution in [0.15, 0.2) is 59.9 Å². The first kappa shape index (κ1) is 19.3. The number of carbonyl (C=O) groups excluding carboxylic acids is 2. The third-order valence-electron chi connectivity index (χ3n) is 4.52. The molecule has 0 fully saturated rings. The van der Waals surface area contributed by atoms with Crippen molar-refractivity contribution in [3.8, 4) is 0 Å². The molecule has 0 saturated heterocycles. The van der Waals surface area contributed by atoms with Gasteiger partial charge in [-0.3, -0.25) is 9.59 Å². The van der Waals surface area contributed by atoms with Crippen LogP contribution in [0, 0.1) is 5.21 Å². The lowest BCUT2D eigenvalue weighted by atomic mass is 10.1. The van der Waals surface area contributed by atoms with Gasteiger partial charge < -0.3 is 15.2 Å². The molecule has 2 amide bonds. The molecule has 1 heterocycles. The maximum atomic E-state index is 12.2. The number of fused-ring (bicyclic) bond motifs is 1. The number of carbonyl (C=O) groups is 2. The van der Waals surface area contributed by atoms with Crippen LogP contribution < -0.4 is 0 Å². The molecule has 146 valence electrons. The Hall–Kier alpha value is -3.46. The van der Waals surface area contributed by atoms with Crippen LogP contribution in [-0.4, -0.2) is 58.2 Å². The summed E-state index contributed by atoms with van der Waals surface area (Å²) in [5, 5.41) is 26.3. The molecular weight excluding hydrogens is 364 g/mol. The molecule has 1 atom stereocenters. The van der Waals surface area contributed by atoms with Gasteiger partial charge in [-0.2, -0.15) is 0 Å². The second-order valence-corrected chi connectivity index (χ2v) is 6.28. The van der Waals surface area contributed by atoms with E-state index in [1.807, 2.05) is 30.3 Å². The highest BCUT2D eigenvalue weighted by molar-refractivity contribution is 6.21. The van der Waals surface area contributed by atoms with Gasteiger partial charge in [0.1, 0.15) is 6.04 Å². The largest absolute Gasteiger partial charge is 0.569 e. The lowest BCUT2D eigenvalue weighted by molar-refractivity contribution is -0.713. The summed E-state index contributed by atoms with van der Waals surface area (Å²) in [5.74, 6) is -1.00. The van der Waals surface area contributed by atoms with Gasteiger partial charge in [0.15, 0.2) is 0 Å². The number of nitrogens with zero attached hydrogens (tertiary/aromatic N) is 4. The van der Waals surface area contributed by atoms with Gasteiger partial charge in [0.05, 0.1) is 29.8 Å². The standard InChI is InChI=1S/C19H20N4O5/c1-21(15(12-24)11-14-7-3-2-4-8-14)23(27)20-28-13-22-18(25)16-9-5-6-10-17(16)19(22)26/h2-10,15,24H,11-13H2,1H3/b23-20+. The number of aliphatic hydroxyl groups is 1. The number of hydrazine groups is 1. The van der Waals surface area contributed by atoms with Crippen molar-refractivity contribution < 1.29 is 24.5 Å². The summed E-state index contributed by atoms with van der Waals surface area (Å²) in [4.78, 5) is 30.4. The van der Waals surface area contributed by atoms with Crippen LogP contribution in [-0.2, 0) is 11.3 Å². The number of hydrogen-bond acceptors (Lipinski definition) is 6.